The lowest BCUT2D eigenvalue weighted by Crippen LogP contribution is -2.35. The zero-order valence-electron chi connectivity index (χ0n) is 17.1. The molecule has 0 bridgehead atoms. The fourth-order valence-electron chi connectivity index (χ4n) is 3.63. The Morgan fingerprint density at radius 3 is 2.55 bits per heavy atom. The molecule has 0 atom stereocenters. The lowest BCUT2D eigenvalue weighted by atomic mass is 10.0. The van der Waals surface area contributed by atoms with E-state index in [0.717, 1.165) is 18.4 Å². The molecular formula is C22H17BrN4O5S. The number of amides is 1. The van der Waals surface area contributed by atoms with Gasteiger partial charge >= 0.3 is 6.01 Å². The second-order valence-electron chi connectivity index (χ2n) is 7.30. The number of anilines is 2. The van der Waals surface area contributed by atoms with Gasteiger partial charge in [0, 0.05) is 12.1 Å². The number of hydrogen-bond acceptors (Lipinski definition) is 7. The maximum atomic E-state index is 13.2. The largest absolute Gasteiger partial charge is 0.444 e. The minimum Gasteiger partial charge on any atom is -0.444 e. The van der Waals surface area contributed by atoms with Crippen molar-refractivity contribution in [3.05, 3.63) is 76.5 Å². The van der Waals surface area contributed by atoms with Crippen molar-refractivity contribution in [2.75, 3.05) is 16.2 Å². The molecule has 4 aromatic rings. The van der Waals surface area contributed by atoms with Crippen LogP contribution in [0.4, 0.5) is 11.7 Å². The number of para-hydroxylation sites is 1. The average molecular weight is 529 g/mol. The first-order chi connectivity index (χ1) is 15.9. The zero-order valence-corrected chi connectivity index (χ0v) is 19.5. The number of halogens is 1. The second-order valence-corrected chi connectivity index (χ2v) is 9.95. The van der Waals surface area contributed by atoms with Crippen LogP contribution in [0.5, 0.6) is 0 Å². The summed E-state index contributed by atoms with van der Waals surface area (Å²) < 4.78 is 39.1. The van der Waals surface area contributed by atoms with Crippen LogP contribution in [0.25, 0.3) is 11.7 Å². The Labute approximate surface area is 197 Å². The number of carbonyl (C=O) groups excluding carboxylic acids is 1. The van der Waals surface area contributed by atoms with E-state index in [9.17, 15) is 13.2 Å². The van der Waals surface area contributed by atoms with Crippen molar-refractivity contribution < 1.29 is 22.0 Å². The van der Waals surface area contributed by atoms with Crippen LogP contribution in [0, 0.1) is 0 Å². The summed E-state index contributed by atoms with van der Waals surface area (Å²) in [5.41, 5.74) is 1.94. The minimum absolute atomic E-state index is 0.107. The monoisotopic (exact) mass is 528 g/mol. The van der Waals surface area contributed by atoms with Crippen LogP contribution in [0.1, 0.15) is 22.3 Å². The van der Waals surface area contributed by atoms with E-state index in [1.54, 1.807) is 12.1 Å². The van der Waals surface area contributed by atoms with Gasteiger partial charge in [0.15, 0.2) is 10.4 Å². The van der Waals surface area contributed by atoms with Crippen molar-refractivity contribution in [1.82, 2.24) is 10.2 Å². The number of aromatic nitrogens is 2. The highest BCUT2D eigenvalue weighted by Crippen LogP contribution is 2.32. The van der Waals surface area contributed by atoms with Crippen molar-refractivity contribution in [3.63, 3.8) is 0 Å². The van der Waals surface area contributed by atoms with Gasteiger partial charge in [-0.25, -0.2) is 8.42 Å². The van der Waals surface area contributed by atoms with Crippen molar-refractivity contribution >= 4 is 43.6 Å². The van der Waals surface area contributed by atoms with Gasteiger partial charge in [-0.3, -0.25) is 14.4 Å². The Morgan fingerprint density at radius 2 is 1.79 bits per heavy atom. The lowest BCUT2D eigenvalue weighted by Gasteiger charge is -2.30. The molecule has 1 aliphatic heterocycles. The molecule has 0 aliphatic carbocycles. The van der Waals surface area contributed by atoms with Crippen LogP contribution in [0.2, 0.25) is 0 Å². The molecule has 5 rings (SSSR count). The van der Waals surface area contributed by atoms with Gasteiger partial charge in [-0.2, -0.15) is 0 Å². The highest BCUT2D eigenvalue weighted by molar-refractivity contribution is 9.10. The van der Waals surface area contributed by atoms with Gasteiger partial charge in [0.1, 0.15) is 0 Å². The van der Waals surface area contributed by atoms with Crippen molar-refractivity contribution in [2.24, 2.45) is 0 Å². The molecular weight excluding hydrogens is 512 g/mol. The van der Waals surface area contributed by atoms with E-state index in [1.807, 2.05) is 24.3 Å². The topological polar surface area (TPSA) is 119 Å². The molecule has 0 saturated carbocycles. The molecule has 1 N–H and O–H groups in total. The number of fused-ring (bicyclic) bond motifs is 1. The number of furan rings is 1. The maximum Gasteiger partial charge on any atom is 0.322 e. The Balaban J connectivity index is 1.32. The summed E-state index contributed by atoms with van der Waals surface area (Å²) in [5, 5.41) is 10.1. The van der Waals surface area contributed by atoms with E-state index in [-0.39, 0.29) is 22.4 Å². The smallest absolute Gasteiger partial charge is 0.322 e. The number of sulfonamides is 1. The molecule has 1 aliphatic rings. The Hall–Kier alpha value is -3.44. The fraction of sp³-hybridized carbons (Fsp3) is 0.136. The van der Waals surface area contributed by atoms with Crippen LogP contribution >= 0.6 is 15.9 Å². The first-order valence-electron chi connectivity index (χ1n) is 10.0. The number of aryl methyl sites for hydroxylation is 1. The minimum atomic E-state index is -3.76. The molecule has 0 fully saturated rings. The van der Waals surface area contributed by atoms with E-state index in [2.05, 4.69) is 31.4 Å². The van der Waals surface area contributed by atoms with Crippen LogP contribution < -0.4 is 9.62 Å². The molecule has 3 heterocycles. The fourth-order valence-corrected chi connectivity index (χ4v) is 5.47. The summed E-state index contributed by atoms with van der Waals surface area (Å²) in [6, 6.07) is 16.4. The first-order valence-corrected chi connectivity index (χ1v) is 12.3. The maximum absolute atomic E-state index is 13.2. The summed E-state index contributed by atoms with van der Waals surface area (Å²) in [6.45, 7) is 0.410. The molecule has 0 spiro atoms. The van der Waals surface area contributed by atoms with E-state index >= 15 is 0 Å². The summed E-state index contributed by atoms with van der Waals surface area (Å²) in [7, 11) is -3.76. The van der Waals surface area contributed by atoms with Gasteiger partial charge in [0.2, 0.25) is 0 Å². The van der Waals surface area contributed by atoms with Gasteiger partial charge in [-0.1, -0.05) is 23.3 Å². The standard InChI is InChI=1S/C22H17BrN4O5S/c23-19-12-11-18(31-19)21-25-26-22(32-21)24-20(28)15-7-9-16(10-8-15)33(29,30)27-13-3-5-14-4-1-2-6-17(14)27/h1-2,4,6-12H,3,5,13H2,(H,24,26,28). The predicted octanol–water partition coefficient (Wildman–Crippen LogP) is 4.49. The molecule has 2 aromatic heterocycles. The number of rotatable bonds is 5. The van der Waals surface area contributed by atoms with E-state index in [1.165, 1.54) is 28.6 Å². The zero-order chi connectivity index (χ0) is 23.0. The normalized spacial score (nSPS) is 13.5. The molecule has 0 radical (unpaired) electrons. The molecule has 33 heavy (non-hydrogen) atoms. The van der Waals surface area contributed by atoms with Crippen LogP contribution in [0.3, 0.4) is 0 Å². The van der Waals surface area contributed by atoms with Crippen LogP contribution in [0.15, 0.2) is 79.1 Å². The molecule has 2 aromatic carbocycles. The van der Waals surface area contributed by atoms with Crippen molar-refractivity contribution in [1.29, 1.82) is 0 Å². The summed E-state index contributed by atoms with van der Waals surface area (Å²) in [6.07, 6.45) is 1.59. The van der Waals surface area contributed by atoms with Gasteiger partial charge in [0.05, 0.1) is 10.6 Å². The quantitative estimate of drug-likeness (QED) is 0.405. The van der Waals surface area contributed by atoms with Crippen LogP contribution in [-0.2, 0) is 16.4 Å². The number of carbonyl (C=O) groups is 1. The Bertz CT molecular complexity index is 1430. The average Bonchev–Trinajstić information content (AvgIpc) is 3.47. The summed E-state index contributed by atoms with van der Waals surface area (Å²) >= 11 is 3.19. The molecule has 168 valence electrons. The van der Waals surface area contributed by atoms with Crippen molar-refractivity contribution in [2.45, 2.75) is 17.7 Å². The summed E-state index contributed by atoms with van der Waals surface area (Å²) in [4.78, 5) is 12.7. The summed E-state index contributed by atoms with van der Waals surface area (Å²) in [5.74, 6) is -0.0546. The molecule has 0 saturated heterocycles. The van der Waals surface area contributed by atoms with Crippen molar-refractivity contribution in [3.8, 4) is 11.7 Å². The molecule has 9 nitrogen and oxygen atoms in total. The molecule has 0 unspecified atom stereocenters. The van der Waals surface area contributed by atoms with E-state index in [0.29, 0.717) is 22.7 Å². The highest BCUT2D eigenvalue weighted by Gasteiger charge is 2.29. The van der Waals surface area contributed by atoms with Gasteiger partial charge in [-0.15, -0.1) is 5.10 Å². The SMILES string of the molecule is O=C(Nc1nnc(-c2ccc(Br)o2)o1)c1ccc(S(=O)(=O)N2CCCc3ccccc32)cc1. The number of nitrogens with zero attached hydrogens (tertiary/aromatic N) is 3. The Morgan fingerprint density at radius 1 is 1.00 bits per heavy atom. The van der Waals surface area contributed by atoms with Crippen LogP contribution in [-0.4, -0.2) is 31.1 Å². The predicted molar refractivity (Wildman–Crippen MR) is 123 cm³/mol. The number of hydrogen-bond donors (Lipinski definition) is 1. The van der Waals surface area contributed by atoms with E-state index < -0.39 is 15.9 Å². The third kappa shape index (κ3) is 4.16. The third-order valence-electron chi connectivity index (χ3n) is 5.20. The van der Waals surface area contributed by atoms with Gasteiger partial charge in [0.25, 0.3) is 21.8 Å². The van der Waals surface area contributed by atoms with Gasteiger partial charge < -0.3 is 8.83 Å². The lowest BCUT2D eigenvalue weighted by molar-refractivity contribution is 0.102. The number of benzene rings is 2. The second kappa shape index (κ2) is 8.49. The number of nitrogens with one attached hydrogen (secondary N) is 1. The molecule has 1 amide bonds. The first kappa shape index (κ1) is 21.4. The Kier molecular flexibility index (Phi) is 5.51. The highest BCUT2D eigenvalue weighted by atomic mass is 79.9. The third-order valence-corrected chi connectivity index (χ3v) is 7.46. The van der Waals surface area contributed by atoms with E-state index in [4.69, 9.17) is 8.83 Å². The van der Waals surface area contributed by atoms with Gasteiger partial charge in [-0.05, 0) is 76.8 Å². The molecule has 11 heteroatoms.